The van der Waals surface area contributed by atoms with Crippen LogP contribution in [0.1, 0.15) is 15.9 Å². The predicted octanol–water partition coefficient (Wildman–Crippen LogP) is 5.05. The van der Waals surface area contributed by atoms with Crippen molar-refractivity contribution >= 4 is 32.7 Å². The summed E-state index contributed by atoms with van der Waals surface area (Å²) in [5.41, 5.74) is 4.02. The van der Waals surface area contributed by atoms with Crippen LogP contribution in [0.4, 0.5) is 0 Å². The molecule has 0 radical (unpaired) electrons. The van der Waals surface area contributed by atoms with Crippen LogP contribution < -0.4 is 14.8 Å². The third-order valence-corrected chi connectivity index (χ3v) is 5.91. The molecule has 1 N–H and O–H groups in total. The van der Waals surface area contributed by atoms with Gasteiger partial charge >= 0.3 is 0 Å². The number of amides is 1. The van der Waals surface area contributed by atoms with Gasteiger partial charge in [0.2, 0.25) is 0 Å². The molecule has 0 aliphatic carbocycles. The Morgan fingerprint density at radius 2 is 1.72 bits per heavy atom. The average molecular weight is 492 g/mol. The van der Waals surface area contributed by atoms with Gasteiger partial charge in [-0.25, -0.2) is 4.98 Å². The van der Waals surface area contributed by atoms with E-state index in [1.807, 2.05) is 54.6 Å². The number of carbonyl (C=O) groups is 1. The highest BCUT2D eigenvalue weighted by Gasteiger charge is 2.15. The van der Waals surface area contributed by atoms with Crippen LogP contribution in [0.15, 0.2) is 71.5 Å². The maximum absolute atomic E-state index is 13.1. The van der Waals surface area contributed by atoms with Crippen LogP contribution in [0.3, 0.4) is 0 Å². The summed E-state index contributed by atoms with van der Waals surface area (Å²) in [4.78, 5) is 21.9. The molecule has 0 aliphatic heterocycles. The lowest BCUT2D eigenvalue weighted by Gasteiger charge is -2.13. The first kappa shape index (κ1) is 21.8. The SMILES string of the molecule is COc1cc(Br)c(CCNC(=O)c2cc(-c3ccncc3)nc3ccccc23)cc1OC. The molecule has 6 nitrogen and oxygen atoms in total. The third kappa shape index (κ3) is 4.57. The average Bonchev–Trinajstić information content (AvgIpc) is 2.84. The van der Waals surface area contributed by atoms with Crippen LogP contribution in [0.2, 0.25) is 0 Å². The zero-order valence-corrected chi connectivity index (χ0v) is 19.3. The molecule has 7 heteroatoms. The summed E-state index contributed by atoms with van der Waals surface area (Å²) >= 11 is 3.57. The van der Waals surface area contributed by atoms with E-state index in [-0.39, 0.29) is 5.91 Å². The van der Waals surface area contributed by atoms with E-state index in [1.165, 1.54) is 0 Å². The fraction of sp³-hybridized carbons (Fsp3) is 0.160. The van der Waals surface area contributed by atoms with Crippen molar-refractivity contribution in [3.63, 3.8) is 0 Å². The monoisotopic (exact) mass is 491 g/mol. The molecule has 4 rings (SSSR count). The van der Waals surface area contributed by atoms with Gasteiger partial charge in [0.25, 0.3) is 5.91 Å². The smallest absolute Gasteiger partial charge is 0.252 e. The molecule has 0 spiro atoms. The fourth-order valence-electron chi connectivity index (χ4n) is 3.53. The van der Waals surface area contributed by atoms with Crippen molar-refractivity contribution in [2.75, 3.05) is 20.8 Å². The first-order valence-corrected chi connectivity index (χ1v) is 10.9. The Morgan fingerprint density at radius 1 is 1.00 bits per heavy atom. The predicted molar refractivity (Wildman–Crippen MR) is 128 cm³/mol. The van der Waals surface area contributed by atoms with E-state index in [0.717, 1.165) is 32.2 Å². The Bertz CT molecular complexity index is 1260. The molecule has 2 heterocycles. The number of nitrogens with zero attached hydrogens (tertiary/aromatic N) is 2. The van der Waals surface area contributed by atoms with Gasteiger partial charge in [-0.05, 0) is 48.4 Å². The molecule has 0 bridgehead atoms. The topological polar surface area (TPSA) is 73.3 Å². The van der Waals surface area contributed by atoms with Crippen molar-refractivity contribution in [2.24, 2.45) is 0 Å². The number of benzene rings is 2. The second kappa shape index (κ2) is 9.78. The molecule has 2 aromatic heterocycles. The highest BCUT2D eigenvalue weighted by atomic mass is 79.9. The Morgan fingerprint density at radius 3 is 2.47 bits per heavy atom. The molecule has 0 unspecified atom stereocenters. The van der Waals surface area contributed by atoms with E-state index >= 15 is 0 Å². The van der Waals surface area contributed by atoms with Crippen molar-refractivity contribution in [1.29, 1.82) is 0 Å². The fourth-order valence-corrected chi connectivity index (χ4v) is 4.05. The number of fused-ring (bicyclic) bond motifs is 1. The van der Waals surface area contributed by atoms with Gasteiger partial charge in [-0.2, -0.15) is 0 Å². The Hall–Kier alpha value is -3.45. The van der Waals surface area contributed by atoms with Crippen LogP contribution in [0, 0.1) is 0 Å². The van der Waals surface area contributed by atoms with Crippen LogP contribution in [-0.2, 0) is 6.42 Å². The largest absolute Gasteiger partial charge is 0.493 e. The van der Waals surface area contributed by atoms with Crippen LogP contribution >= 0.6 is 15.9 Å². The molecule has 0 saturated heterocycles. The zero-order valence-electron chi connectivity index (χ0n) is 17.8. The van der Waals surface area contributed by atoms with Crippen LogP contribution in [-0.4, -0.2) is 36.6 Å². The molecular formula is C25H22BrN3O3. The van der Waals surface area contributed by atoms with E-state index in [4.69, 9.17) is 14.5 Å². The number of para-hydroxylation sites is 1. The van der Waals surface area contributed by atoms with E-state index in [9.17, 15) is 4.79 Å². The van der Waals surface area contributed by atoms with Gasteiger partial charge < -0.3 is 14.8 Å². The van der Waals surface area contributed by atoms with Gasteiger partial charge in [-0.1, -0.05) is 34.1 Å². The number of ether oxygens (including phenoxy) is 2. The minimum atomic E-state index is -0.143. The lowest BCUT2D eigenvalue weighted by Crippen LogP contribution is -2.26. The second-order valence-electron chi connectivity index (χ2n) is 7.11. The quantitative estimate of drug-likeness (QED) is 0.391. The standard InChI is InChI=1S/C25H22BrN3O3/c1-31-23-13-17(20(26)15-24(23)32-2)9-12-28-25(30)19-14-22(16-7-10-27-11-8-16)29-21-6-4-3-5-18(19)21/h3-8,10-11,13-15H,9,12H2,1-2H3,(H,28,30). The zero-order chi connectivity index (χ0) is 22.5. The van der Waals surface area contributed by atoms with Crippen LogP contribution in [0.5, 0.6) is 11.5 Å². The summed E-state index contributed by atoms with van der Waals surface area (Å²) in [7, 11) is 3.20. The first-order chi connectivity index (χ1) is 15.6. The number of aromatic nitrogens is 2. The number of hydrogen-bond donors (Lipinski definition) is 1. The summed E-state index contributed by atoms with van der Waals surface area (Å²) in [6, 6.07) is 17.0. The van der Waals surface area contributed by atoms with E-state index in [2.05, 4.69) is 26.2 Å². The Kier molecular flexibility index (Phi) is 6.66. The van der Waals surface area contributed by atoms with E-state index < -0.39 is 0 Å². The summed E-state index contributed by atoms with van der Waals surface area (Å²) in [5.74, 6) is 1.16. The molecular weight excluding hydrogens is 470 g/mol. The number of halogens is 1. The third-order valence-electron chi connectivity index (χ3n) is 5.17. The second-order valence-corrected chi connectivity index (χ2v) is 7.97. The minimum Gasteiger partial charge on any atom is -0.493 e. The van der Waals surface area contributed by atoms with Gasteiger partial charge in [-0.3, -0.25) is 9.78 Å². The summed E-state index contributed by atoms with van der Waals surface area (Å²) in [6.45, 7) is 0.466. The molecule has 0 atom stereocenters. The summed E-state index contributed by atoms with van der Waals surface area (Å²) in [5, 5.41) is 3.85. The molecule has 0 saturated carbocycles. The molecule has 4 aromatic rings. The van der Waals surface area contributed by atoms with Gasteiger partial charge in [0, 0.05) is 34.4 Å². The van der Waals surface area contributed by atoms with E-state index in [0.29, 0.717) is 30.0 Å². The van der Waals surface area contributed by atoms with Crippen LogP contribution in [0.25, 0.3) is 22.2 Å². The highest BCUT2D eigenvalue weighted by molar-refractivity contribution is 9.10. The number of rotatable bonds is 7. The van der Waals surface area contributed by atoms with Crippen molar-refractivity contribution in [3.05, 3.63) is 82.6 Å². The van der Waals surface area contributed by atoms with Crippen molar-refractivity contribution in [1.82, 2.24) is 15.3 Å². The normalized spacial score (nSPS) is 10.7. The van der Waals surface area contributed by atoms with Crippen molar-refractivity contribution in [3.8, 4) is 22.8 Å². The highest BCUT2D eigenvalue weighted by Crippen LogP contribution is 2.33. The molecule has 0 fully saturated rings. The van der Waals surface area contributed by atoms with Gasteiger partial charge in [-0.15, -0.1) is 0 Å². The number of methoxy groups -OCH3 is 2. The minimum absolute atomic E-state index is 0.143. The maximum atomic E-state index is 13.1. The lowest BCUT2D eigenvalue weighted by molar-refractivity contribution is 0.0955. The van der Waals surface area contributed by atoms with E-state index in [1.54, 1.807) is 26.6 Å². The van der Waals surface area contributed by atoms with Crippen molar-refractivity contribution < 1.29 is 14.3 Å². The van der Waals surface area contributed by atoms with Gasteiger partial charge in [0.15, 0.2) is 11.5 Å². The first-order valence-electron chi connectivity index (χ1n) is 10.1. The lowest BCUT2D eigenvalue weighted by atomic mass is 10.0. The molecule has 1 amide bonds. The Labute approximate surface area is 194 Å². The molecule has 0 aliphatic rings. The summed E-state index contributed by atoms with van der Waals surface area (Å²) in [6.07, 6.45) is 4.06. The number of carbonyl (C=O) groups excluding carboxylic acids is 1. The number of hydrogen-bond acceptors (Lipinski definition) is 5. The maximum Gasteiger partial charge on any atom is 0.252 e. The molecule has 2 aromatic carbocycles. The number of pyridine rings is 2. The molecule has 32 heavy (non-hydrogen) atoms. The molecule has 162 valence electrons. The number of nitrogens with one attached hydrogen (secondary N) is 1. The Balaban J connectivity index is 1.57. The van der Waals surface area contributed by atoms with Gasteiger partial charge in [0.05, 0.1) is 31.0 Å². The van der Waals surface area contributed by atoms with Crippen molar-refractivity contribution in [2.45, 2.75) is 6.42 Å². The summed E-state index contributed by atoms with van der Waals surface area (Å²) < 4.78 is 11.6. The van der Waals surface area contributed by atoms with Gasteiger partial charge in [0.1, 0.15) is 0 Å².